The van der Waals surface area contributed by atoms with Gasteiger partial charge in [-0.25, -0.2) is 4.98 Å². The van der Waals surface area contributed by atoms with E-state index in [1.54, 1.807) is 6.20 Å². The zero-order valence-electron chi connectivity index (χ0n) is 8.17. The fourth-order valence-corrected chi connectivity index (χ4v) is 1.86. The second kappa shape index (κ2) is 6.23. The number of carbonyl (C=O) groups excluding carboxylic acids is 1. The molecule has 2 N–H and O–H groups in total. The highest BCUT2D eigenvalue weighted by atomic mass is 79.9. The molecule has 0 aliphatic rings. The predicted molar refractivity (Wildman–Crippen MR) is 68.1 cm³/mol. The number of nitrogens with zero attached hydrogens (tertiary/aromatic N) is 1. The molecule has 82 valence electrons. The lowest BCUT2D eigenvalue weighted by atomic mass is 10.1. The highest BCUT2D eigenvalue weighted by Gasteiger charge is 2.07. The number of aromatic nitrogens is 1. The minimum absolute atomic E-state index is 0.195. The van der Waals surface area contributed by atoms with E-state index >= 15 is 0 Å². The molecule has 0 unspecified atom stereocenters. The van der Waals surface area contributed by atoms with Gasteiger partial charge in [0.2, 0.25) is 0 Å². The van der Waals surface area contributed by atoms with Gasteiger partial charge in [-0.05, 0) is 28.4 Å². The van der Waals surface area contributed by atoms with Crippen LogP contribution in [0.5, 0.6) is 0 Å². The molecule has 0 radical (unpaired) electrons. The Morgan fingerprint density at radius 3 is 2.93 bits per heavy atom. The number of alkyl halides is 1. The van der Waals surface area contributed by atoms with Gasteiger partial charge in [-0.3, -0.25) is 4.79 Å². The quantitative estimate of drug-likeness (QED) is 0.842. The highest BCUT2D eigenvalue weighted by Crippen LogP contribution is 2.16. The van der Waals surface area contributed by atoms with Gasteiger partial charge in [0.1, 0.15) is 11.6 Å². The molecule has 0 aliphatic carbocycles. The van der Waals surface area contributed by atoms with Crippen LogP contribution in [0.2, 0.25) is 0 Å². The first-order chi connectivity index (χ1) is 7.13. The summed E-state index contributed by atoms with van der Waals surface area (Å²) in [5.41, 5.74) is 6.47. The van der Waals surface area contributed by atoms with E-state index in [0.29, 0.717) is 18.7 Å². The van der Waals surface area contributed by atoms with E-state index in [2.05, 4.69) is 36.8 Å². The van der Waals surface area contributed by atoms with Crippen molar-refractivity contribution in [3.05, 3.63) is 22.3 Å². The molecule has 5 heteroatoms. The number of nitrogens with two attached hydrogens (primary N) is 1. The molecule has 0 bridgehead atoms. The second-order valence-corrected chi connectivity index (χ2v) is 4.91. The van der Waals surface area contributed by atoms with Gasteiger partial charge in [0.05, 0.1) is 0 Å². The SMILES string of the molecule is Nc1ncc(Br)cc1CC(=O)CCCBr. The summed E-state index contributed by atoms with van der Waals surface area (Å²) >= 11 is 6.59. The topological polar surface area (TPSA) is 56.0 Å². The van der Waals surface area contributed by atoms with Crippen LogP contribution >= 0.6 is 31.9 Å². The van der Waals surface area contributed by atoms with Crippen LogP contribution in [0.15, 0.2) is 16.7 Å². The number of hydrogen-bond acceptors (Lipinski definition) is 3. The maximum absolute atomic E-state index is 11.5. The molecule has 0 saturated carbocycles. The van der Waals surface area contributed by atoms with Crippen molar-refractivity contribution >= 4 is 43.5 Å². The van der Waals surface area contributed by atoms with Gasteiger partial charge < -0.3 is 5.73 Å². The first kappa shape index (κ1) is 12.6. The standard InChI is InChI=1S/C10H12Br2N2O/c11-3-1-2-9(15)5-7-4-8(12)6-14-10(7)13/h4,6H,1-3,5H2,(H2,13,14). The molecule has 0 saturated heterocycles. The Labute approximate surface area is 106 Å². The third-order valence-electron chi connectivity index (χ3n) is 1.94. The van der Waals surface area contributed by atoms with Gasteiger partial charge >= 0.3 is 0 Å². The van der Waals surface area contributed by atoms with Gasteiger partial charge in [-0.15, -0.1) is 0 Å². The molecule has 3 nitrogen and oxygen atoms in total. The molecule has 0 spiro atoms. The van der Waals surface area contributed by atoms with Crippen molar-refractivity contribution in [1.82, 2.24) is 4.98 Å². The summed E-state index contributed by atoms with van der Waals surface area (Å²) in [7, 11) is 0. The van der Waals surface area contributed by atoms with Crippen molar-refractivity contribution in [2.45, 2.75) is 19.3 Å². The molecule has 0 aromatic carbocycles. The van der Waals surface area contributed by atoms with E-state index in [9.17, 15) is 4.79 Å². The largest absolute Gasteiger partial charge is 0.383 e. The van der Waals surface area contributed by atoms with Gasteiger partial charge in [-0.2, -0.15) is 0 Å². The summed E-state index contributed by atoms with van der Waals surface area (Å²) in [6, 6.07) is 1.84. The second-order valence-electron chi connectivity index (χ2n) is 3.21. The van der Waals surface area contributed by atoms with Crippen molar-refractivity contribution < 1.29 is 4.79 Å². The molecule has 1 rings (SSSR count). The van der Waals surface area contributed by atoms with Gasteiger partial charge in [0, 0.05) is 34.4 Å². The van der Waals surface area contributed by atoms with Crippen LogP contribution in [-0.4, -0.2) is 16.1 Å². The van der Waals surface area contributed by atoms with Gasteiger partial charge in [0.15, 0.2) is 0 Å². The minimum Gasteiger partial charge on any atom is -0.383 e. The number of rotatable bonds is 5. The first-order valence-corrected chi connectivity index (χ1v) is 6.52. The summed E-state index contributed by atoms with van der Waals surface area (Å²) < 4.78 is 0.847. The van der Waals surface area contributed by atoms with Crippen molar-refractivity contribution in [1.29, 1.82) is 0 Å². The van der Waals surface area contributed by atoms with E-state index < -0.39 is 0 Å². The Bertz CT molecular complexity index is 355. The number of carbonyl (C=O) groups is 1. The lowest BCUT2D eigenvalue weighted by Gasteiger charge is -2.04. The van der Waals surface area contributed by atoms with E-state index in [-0.39, 0.29) is 5.78 Å². The monoisotopic (exact) mass is 334 g/mol. The average molecular weight is 336 g/mol. The van der Waals surface area contributed by atoms with Crippen molar-refractivity contribution in [3.8, 4) is 0 Å². The Balaban J connectivity index is 2.63. The zero-order valence-corrected chi connectivity index (χ0v) is 11.3. The molecule has 0 aliphatic heterocycles. The minimum atomic E-state index is 0.195. The van der Waals surface area contributed by atoms with E-state index in [4.69, 9.17) is 5.73 Å². The van der Waals surface area contributed by atoms with Crippen LogP contribution in [0.3, 0.4) is 0 Å². The molecule has 0 fully saturated rings. The fourth-order valence-electron chi connectivity index (χ4n) is 1.20. The zero-order chi connectivity index (χ0) is 11.3. The smallest absolute Gasteiger partial charge is 0.137 e. The summed E-state index contributed by atoms with van der Waals surface area (Å²) in [5.74, 6) is 0.631. The molecular formula is C10H12Br2N2O. The van der Waals surface area contributed by atoms with Crippen LogP contribution in [-0.2, 0) is 11.2 Å². The fraction of sp³-hybridized carbons (Fsp3) is 0.400. The molecule has 0 amide bonds. The van der Waals surface area contributed by atoms with Crippen LogP contribution in [0.1, 0.15) is 18.4 Å². The number of anilines is 1. The van der Waals surface area contributed by atoms with E-state index in [1.165, 1.54) is 0 Å². The van der Waals surface area contributed by atoms with Crippen LogP contribution in [0.4, 0.5) is 5.82 Å². The average Bonchev–Trinajstić information content (AvgIpc) is 2.20. The summed E-state index contributed by atoms with van der Waals surface area (Å²) in [6.45, 7) is 0. The molecule has 0 atom stereocenters. The summed E-state index contributed by atoms with van der Waals surface area (Å²) in [5, 5.41) is 0.852. The molecule has 1 aromatic heterocycles. The van der Waals surface area contributed by atoms with Crippen molar-refractivity contribution in [2.75, 3.05) is 11.1 Å². The Hall–Kier alpha value is -0.420. The van der Waals surface area contributed by atoms with Gasteiger partial charge in [0.25, 0.3) is 0 Å². The third kappa shape index (κ3) is 4.30. The summed E-state index contributed by atoms with van der Waals surface area (Å²) in [4.78, 5) is 15.5. The number of halogens is 2. The maximum Gasteiger partial charge on any atom is 0.137 e. The lowest BCUT2D eigenvalue weighted by Crippen LogP contribution is -2.06. The normalized spacial score (nSPS) is 10.3. The van der Waals surface area contributed by atoms with Crippen molar-refractivity contribution in [3.63, 3.8) is 0 Å². The molecular weight excluding hydrogens is 324 g/mol. The van der Waals surface area contributed by atoms with Gasteiger partial charge in [-0.1, -0.05) is 15.9 Å². The molecule has 15 heavy (non-hydrogen) atoms. The predicted octanol–water partition coefficient (Wildman–Crippen LogP) is 2.71. The first-order valence-electron chi connectivity index (χ1n) is 4.61. The third-order valence-corrected chi connectivity index (χ3v) is 2.94. The van der Waals surface area contributed by atoms with Crippen LogP contribution in [0.25, 0.3) is 0 Å². The molecule has 1 heterocycles. The Morgan fingerprint density at radius 2 is 2.27 bits per heavy atom. The summed E-state index contributed by atoms with van der Waals surface area (Å²) in [6.07, 6.45) is 3.43. The number of Topliss-reactive ketones (excluding diaryl/α,β-unsaturated/α-hetero) is 1. The number of nitrogen functional groups attached to an aromatic ring is 1. The number of pyridine rings is 1. The maximum atomic E-state index is 11.5. The number of ketones is 1. The van der Waals surface area contributed by atoms with E-state index in [0.717, 1.165) is 21.8 Å². The molecule has 1 aromatic rings. The Morgan fingerprint density at radius 1 is 1.53 bits per heavy atom. The van der Waals surface area contributed by atoms with Crippen molar-refractivity contribution in [2.24, 2.45) is 0 Å². The number of hydrogen-bond donors (Lipinski definition) is 1. The highest BCUT2D eigenvalue weighted by molar-refractivity contribution is 9.10. The van der Waals surface area contributed by atoms with E-state index in [1.807, 2.05) is 6.07 Å². The van der Waals surface area contributed by atoms with Crippen LogP contribution in [0, 0.1) is 0 Å². The van der Waals surface area contributed by atoms with Crippen LogP contribution < -0.4 is 5.73 Å². The lowest BCUT2D eigenvalue weighted by molar-refractivity contribution is -0.118. The Kier molecular flexibility index (Phi) is 5.25.